The smallest absolute Gasteiger partial charge is 0.261 e. The van der Waals surface area contributed by atoms with Gasteiger partial charge in [-0.25, -0.2) is 0 Å². The van der Waals surface area contributed by atoms with Gasteiger partial charge < -0.3 is 9.88 Å². The maximum absolute atomic E-state index is 13.1. The highest BCUT2D eigenvalue weighted by Crippen LogP contribution is 2.33. The average molecular weight is 433 g/mol. The minimum Gasteiger partial charge on any atom is -0.343 e. The number of amides is 1. The second-order valence-electron chi connectivity index (χ2n) is 7.27. The number of fused-ring (bicyclic) bond motifs is 1. The van der Waals surface area contributed by atoms with Crippen LogP contribution in [0.4, 0.5) is 5.69 Å². The minimum atomic E-state index is -0.382. The van der Waals surface area contributed by atoms with E-state index in [0.717, 1.165) is 32.7 Å². The molecular weight excluding hydrogens is 416 g/mol. The summed E-state index contributed by atoms with van der Waals surface area (Å²) >= 11 is 3.50. The number of pyridine rings is 1. The largest absolute Gasteiger partial charge is 0.343 e. The molecule has 0 saturated heterocycles. The summed E-state index contributed by atoms with van der Waals surface area (Å²) in [5.41, 5.74) is 2.70. The third-order valence-electron chi connectivity index (χ3n) is 5.44. The highest BCUT2D eigenvalue weighted by Gasteiger charge is 2.25. The molecule has 1 aromatic heterocycles. The summed E-state index contributed by atoms with van der Waals surface area (Å²) < 4.78 is 2.91. The SMILES string of the molecule is CC1Cc2cc(Br)cc3c(=O)c(C(=O)Nc4cccc5ccccc45)cn1c23. The summed E-state index contributed by atoms with van der Waals surface area (Å²) in [7, 11) is 0. The van der Waals surface area contributed by atoms with E-state index < -0.39 is 0 Å². The number of nitrogens with one attached hydrogen (secondary N) is 1. The van der Waals surface area contributed by atoms with E-state index in [-0.39, 0.29) is 22.9 Å². The third kappa shape index (κ3) is 2.58. The molecule has 1 N–H and O–H groups in total. The quantitative estimate of drug-likeness (QED) is 0.467. The molecule has 1 aliphatic rings. The van der Waals surface area contributed by atoms with Crippen molar-refractivity contribution in [2.45, 2.75) is 19.4 Å². The Kier molecular flexibility index (Phi) is 3.88. The Labute approximate surface area is 169 Å². The zero-order valence-electron chi connectivity index (χ0n) is 15.2. The van der Waals surface area contributed by atoms with Gasteiger partial charge in [-0.05, 0) is 42.5 Å². The van der Waals surface area contributed by atoms with Gasteiger partial charge in [0.25, 0.3) is 5.91 Å². The van der Waals surface area contributed by atoms with Crippen molar-refractivity contribution in [3.63, 3.8) is 0 Å². The Balaban J connectivity index is 1.65. The second-order valence-corrected chi connectivity index (χ2v) is 8.19. The highest BCUT2D eigenvalue weighted by molar-refractivity contribution is 9.10. The van der Waals surface area contributed by atoms with E-state index in [2.05, 4.69) is 38.8 Å². The Morgan fingerprint density at radius 2 is 1.89 bits per heavy atom. The number of hydrogen-bond acceptors (Lipinski definition) is 2. The monoisotopic (exact) mass is 432 g/mol. The van der Waals surface area contributed by atoms with Gasteiger partial charge >= 0.3 is 0 Å². The van der Waals surface area contributed by atoms with Crippen molar-refractivity contribution >= 4 is 49.2 Å². The molecule has 0 aliphatic carbocycles. The number of hydrogen-bond donors (Lipinski definition) is 1. The van der Waals surface area contributed by atoms with Crippen LogP contribution in [0.1, 0.15) is 28.9 Å². The molecule has 0 radical (unpaired) electrons. The van der Waals surface area contributed by atoms with Gasteiger partial charge in [0.2, 0.25) is 5.43 Å². The second kappa shape index (κ2) is 6.31. The summed E-state index contributed by atoms with van der Waals surface area (Å²) in [4.78, 5) is 26.2. The number of halogens is 1. The molecule has 0 fully saturated rings. The van der Waals surface area contributed by atoms with Gasteiger partial charge in [-0.15, -0.1) is 0 Å². The van der Waals surface area contributed by atoms with Crippen molar-refractivity contribution in [2.24, 2.45) is 0 Å². The lowest BCUT2D eigenvalue weighted by Crippen LogP contribution is -2.24. The number of rotatable bonds is 2. The fraction of sp³-hybridized carbons (Fsp3) is 0.130. The number of anilines is 1. The van der Waals surface area contributed by atoms with Crippen molar-refractivity contribution in [3.8, 4) is 0 Å². The van der Waals surface area contributed by atoms with E-state index >= 15 is 0 Å². The average Bonchev–Trinajstić information content (AvgIpc) is 2.99. The van der Waals surface area contributed by atoms with Crippen LogP contribution in [-0.2, 0) is 6.42 Å². The summed E-state index contributed by atoms with van der Waals surface area (Å²) in [5, 5.41) is 5.51. The first kappa shape index (κ1) is 17.2. The number of carbonyl (C=O) groups excluding carboxylic acids is 1. The summed E-state index contributed by atoms with van der Waals surface area (Å²) in [6, 6.07) is 17.7. The summed E-state index contributed by atoms with van der Waals surface area (Å²) in [6.45, 7) is 2.10. The van der Waals surface area contributed by atoms with Crippen LogP contribution >= 0.6 is 15.9 Å². The molecule has 138 valence electrons. The summed E-state index contributed by atoms with van der Waals surface area (Å²) in [6.07, 6.45) is 2.56. The molecule has 1 atom stereocenters. The van der Waals surface area contributed by atoms with Gasteiger partial charge in [0.15, 0.2) is 0 Å². The number of benzene rings is 3. The van der Waals surface area contributed by atoms with Gasteiger partial charge in [-0.2, -0.15) is 0 Å². The lowest BCUT2D eigenvalue weighted by atomic mass is 10.1. The molecule has 1 unspecified atom stereocenters. The van der Waals surface area contributed by atoms with E-state index in [4.69, 9.17) is 0 Å². The maximum Gasteiger partial charge on any atom is 0.261 e. The van der Waals surface area contributed by atoms with Gasteiger partial charge in [0.1, 0.15) is 5.56 Å². The highest BCUT2D eigenvalue weighted by atomic mass is 79.9. The molecule has 5 rings (SSSR count). The third-order valence-corrected chi connectivity index (χ3v) is 5.90. The van der Waals surface area contributed by atoms with Gasteiger partial charge in [0.05, 0.1) is 5.52 Å². The minimum absolute atomic E-state index is 0.165. The van der Waals surface area contributed by atoms with Crippen LogP contribution in [0.15, 0.2) is 70.1 Å². The molecule has 5 heteroatoms. The Morgan fingerprint density at radius 1 is 1.11 bits per heavy atom. The van der Waals surface area contributed by atoms with Crippen molar-refractivity contribution in [1.82, 2.24) is 4.57 Å². The van der Waals surface area contributed by atoms with Crippen LogP contribution in [0.2, 0.25) is 0 Å². The van der Waals surface area contributed by atoms with Crippen LogP contribution in [0.25, 0.3) is 21.7 Å². The zero-order valence-corrected chi connectivity index (χ0v) is 16.8. The Bertz CT molecular complexity index is 1330. The van der Waals surface area contributed by atoms with E-state index in [1.165, 1.54) is 0 Å². The number of aromatic nitrogens is 1. The lowest BCUT2D eigenvalue weighted by Gasteiger charge is -2.13. The van der Waals surface area contributed by atoms with Gasteiger partial charge in [-0.3, -0.25) is 9.59 Å². The topological polar surface area (TPSA) is 51.1 Å². The predicted octanol–water partition coefficient (Wildman–Crippen LogP) is 5.29. The van der Waals surface area contributed by atoms with E-state index in [1.54, 1.807) is 6.20 Å². The molecule has 0 saturated carbocycles. The van der Waals surface area contributed by atoms with Crippen molar-refractivity contribution < 1.29 is 4.79 Å². The fourth-order valence-electron chi connectivity index (χ4n) is 4.15. The molecule has 4 nitrogen and oxygen atoms in total. The fourth-order valence-corrected chi connectivity index (χ4v) is 4.65. The number of carbonyl (C=O) groups is 1. The zero-order chi connectivity index (χ0) is 19.4. The summed E-state index contributed by atoms with van der Waals surface area (Å²) in [5.74, 6) is -0.382. The molecule has 0 spiro atoms. The standard InChI is InChI=1S/C23H17BrN2O2/c1-13-9-15-10-16(24)11-18-21(15)26(13)12-19(22(18)27)23(28)25-20-8-4-6-14-5-2-3-7-17(14)20/h2-8,10-13H,9H2,1H3,(H,25,28). The normalized spacial score (nSPS) is 15.3. The van der Waals surface area contributed by atoms with Crippen LogP contribution in [0.5, 0.6) is 0 Å². The first-order valence-electron chi connectivity index (χ1n) is 9.19. The molecule has 0 bridgehead atoms. The first-order valence-corrected chi connectivity index (χ1v) is 9.98. The van der Waals surface area contributed by atoms with Crippen LogP contribution in [0.3, 0.4) is 0 Å². The molecule has 4 aromatic rings. The van der Waals surface area contributed by atoms with Gasteiger partial charge in [-0.1, -0.05) is 52.3 Å². The Morgan fingerprint density at radius 3 is 2.75 bits per heavy atom. The molecule has 1 amide bonds. The van der Waals surface area contributed by atoms with E-state index in [0.29, 0.717) is 11.1 Å². The van der Waals surface area contributed by atoms with Crippen LogP contribution in [0, 0.1) is 0 Å². The molecule has 1 aliphatic heterocycles. The van der Waals surface area contributed by atoms with E-state index in [9.17, 15) is 9.59 Å². The Hall–Kier alpha value is -2.92. The number of nitrogens with zero attached hydrogens (tertiary/aromatic N) is 1. The molecule has 28 heavy (non-hydrogen) atoms. The first-order chi connectivity index (χ1) is 13.5. The lowest BCUT2D eigenvalue weighted by molar-refractivity contribution is 0.102. The van der Waals surface area contributed by atoms with Crippen LogP contribution < -0.4 is 10.7 Å². The van der Waals surface area contributed by atoms with Crippen LogP contribution in [-0.4, -0.2) is 10.5 Å². The molecule has 2 heterocycles. The van der Waals surface area contributed by atoms with E-state index in [1.807, 2.05) is 48.5 Å². The van der Waals surface area contributed by atoms with Crippen molar-refractivity contribution in [2.75, 3.05) is 5.32 Å². The van der Waals surface area contributed by atoms with Crippen molar-refractivity contribution in [1.29, 1.82) is 0 Å². The molecular formula is C23H17BrN2O2. The molecule has 3 aromatic carbocycles. The van der Waals surface area contributed by atoms with Gasteiger partial charge in [0, 0.05) is 33.2 Å². The maximum atomic E-state index is 13.1. The van der Waals surface area contributed by atoms with Crippen molar-refractivity contribution in [3.05, 3.63) is 86.6 Å². The predicted molar refractivity (Wildman–Crippen MR) is 116 cm³/mol.